The number of thioether (sulfide) groups is 1. The van der Waals surface area contributed by atoms with Crippen LogP contribution in [0.1, 0.15) is 19.8 Å². The van der Waals surface area contributed by atoms with E-state index in [0.717, 1.165) is 12.1 Å². The first-order chi connectivity index (χ1) is 9.10. The fourth-order valence-electron chi connectivity index (χ4n) is 2.76. The van der Waals surface area contributed by atoms with Gasteiger partial charge in [0.25, 0.3) is 0 Å². The van der Waals surface area contributed by atoms with Gasteiger partial charge in [0.2, 0.25) is 11.8 Å². The monoisotopic (exact) mass is 276 g/mol. The van der Waals surface area contributed by atoms with Crippen molar-refractivity contribution < 1.29 is 9.59 Å². The van der Waals surface area contributed by atoms with Crippen LogP contribution in [0.2, 0.25) is 0 Å². The van der Waals surface area contributed by atoms with E-state index >= 15 is 0 Å². The van der Waals surface area contributed by atoms with Crippen molar-refractivity contribution in [3.63, 3.8) is 0 Å². The number of anilines is 1. The molecule has 3 rings (SSSR count). The molecular weight excluding hydrogens is 260 g/mol. The second kappa shape index (κ2) is 4.56. The molecule has 4 nitrogen and oxygen atoms in total. The number of fused-ring (bicyclic) bond motifs is 1. The highest BCUT2D eigenvalue weighted by atomic mass is 32.2. The van der Waals surface area contributed by atoms with E-state index < -0.39 is 0 Å². The van der Waals surface area contributed by atoms with Gasteiger partial charge >= 0.3 is 0 Å². The molecule has 0 aliphatic carbocycles. The average Bonchev–Trinajstić information content (AvgIpc) is 2.88. The normalized spacial score (nSPS) is 29.4. The molecule has 1 aromatic carbocycles. The summed E-state index contributed by atoms with van der Waals surface area (Å²) < 4.78 is 0. The van der Waals surface area contributed by atoms with Crippen LogP contribution in [0.4, 0.5) is 5.69 Å². The van der Waals surface area contributed by atoms with Crippen LogP contribution in [0, 0.1) is 0 Å². The van der Waals surface area contributed by atoms with Crippen molar-refractivity contribution in [2.24, 2.45) is 0 Å². The summed E-state index contributed by atoms with van der Waals surface area (Å²) in [4.78, 5) is 25.9. The van der Waals surface area contributed by atoms with Crippen molar-refractivity contribution >= 4 is 29.3 Å². The van der Waals surface area contributed by atoms with Gasteiger partial charge < -0.3 is 10.2 Å². The Kier molecular flexibility index (Phi) is 3.01. The number of rotatable bonds is 2. The molecule has 0 aromatic heterocycles. The molecule has 1 aromatic rings. The Bertz CT molecular complexity index is 519. The number of carbonyl (C=O) groups is 2. The number of benzene rings is 1. The topological polar surface area (TPSA) is 49.4 Å². The molecule has 2 heterocycles. The van der Waals surface area contributed by atoms with Crippen LogP contribution in [0.25, 0.3) is 0 Å². The smallest absolute Gasteiger partial charge is 0.248 e. The van der Waals surface area contributed by atoms with Crippen LogP contribution in [-0.2, 0) is 9.59 Å². The first-order valence-electron chi connectivity index (χ1n) is 6.42. The van der Waals surface area contributed by atoms with Crippen molar-refractivity contribution in [2.45, 2.75) is 30.7 Å². The van der Waals surface area contributed by atoms with Gasteiger partial charge in [-0.3, -0.25) is 9.59 Å². The molecule has 2 fully saturated rings. The van der Waals surface area contributed by atoms with Gasteiger partial charge in [-0.15, -0.1) is 11.8 Å². The van der Waals surface area contributed by atoms with Gasteiger partial charge in [0.15, 0.2) is 0 Å². The third-order valence-electron chi connectivity index (χ3n) is 3.79. The molecule has 2 saturated heterocycles. The predicted molar refractivity (Wildman–Crippen MR) is 75.8 cm³/mol. The number of amides is 2. The molecule has 0 spiro atoms. The minimum atomic E-state index is -0.342. The lowest BCUT2D eigenvalue weighted by Gasteiger charge is -2.29. The molecule has 1 N–H and O–H groups in total. The average molecular weight is 276 g/mol. The van der Waals surface area contributed by atoms with Crippen LogP contribution < -0.4 is 5.32 Å². The van der Waals surface area contributed by atoms with Crippen molar-refractivity contribution in [3.8, 4) is 0 Å². The zero-order valence-electron chi connectivity index (χ0n) is 10.8. The van der Waals surface area contributed by atoms with E-state index in [0.29, 0.717) is 12.2 Å². The SMILES string of the molecule is C[C@@]12CCC(=O)N1[C@@H](C(=O)Nc1ccccc1)CS2. The molecule has 2 aliphatic heterocycles. The standard InChI is InChI=1S/C14H16N2O2S/c1-14-8-7-12(17)16(14)11(9-19-14)13(18)15-10-5-3-2-4-6-10/h2-6,11H,7-9H2,1H3,(H,15,18)/t11-,14-/m1/s1. The lowest BCUT2D eigenvalue weighted by molar-refractivity contribution is -0.135. The molecule has 2 aliphatic rings. The van der Waals surface area contributed by atoms with E-state index in [-0.39, 0.29) is 22.7 Å². The summed E-state index contributed by atoms with van der Waals surface area (Å²) in [5.74, 6) is 0.694. The van der Waals surface area contributed by atoms with Gasteiger partial charge in [0, 0.05) is 17.9 Å². The molecule has 19 heavy (non-hydrogen) atoms. The maximum atomic E-state index is 12.3. The van der Waals surface area contributed by atoms with E-state index in [2.05, 4.69) is 12.2 Å². The van der Waals surface area contributed by atoms with Gasteiger partial charge in [-0.2, -0.15) is 0 Å². The molecule has 0 bridgehead atoms. The highest BCUT2D eigenvalue weighted by Gasteiger charge is 2.52. The second-order valence-electron chi connectivity index (χ2n) is 5.12. The molecule has 0 unspecified atom stereocenters. The molecular formula is C14H16N2O2S. The van der Waals surface area contributed by atoms with E-state index in [1.165, 1.54) is 0 Å². The highest BCUT2D eigenvalue weighted by molar-refractivity contribution is 8.01. The quantitative estimate of drug-likeness (QED) is 0.899. The van der Waals surface area contributed by atoms with Gasteiger partial charge in [-0.1, -0.05) is 18.2 Å². The zero-order chi connectivity index (χ0) is 13.5. The lowest BCUT2D eigenvalue weighted by Crippen LogP contribution is -2.48. The second-order valence-corrected chi connectivity index (χ2v) is 6.62. The maximum absolute atomic E-state index is 12.3. The highest BCUT2D eigenvalue weighted by Crippen LogP contribution is 2.47. The maximum Gasteiger partial charge on any atom is 0.248 e. The minimum Gasteiger partial charge on any atom is -0.324 e. The zero-order valence-corrected chi connectivity index (χ0v) is 11.6. The third-order valence-corrected chi connectivity index (χ3v) is 5.29. The lowest BCUT2D eigenvalue weighted by atomic mass is 10.2. The third kappa shape index (κ3) is 2.12. The number of nitrogens with zero attached hydrogens (tertiary/aromatic N) is 1. The summed E-state index contributed by atoms with van der Waals surface area (Å²) in [7, 11) is 0. The van der Waals surface area contributed by atoms with Crippen molar-refractivity contribution in [2.75, 3.05) is 11.1 Å². The largest absolute Gasteiger partial charge is 0.324 e. The van der Waals surface area contributed by atoms with Gasteiger partial charge in [0.1, 0.15) is 6.04 Å². The van der Waals surface area contributed by atoms with Crippen LogP contribution in [0.5, 0.6) is 0 Å². The van der Waals surface area contributed by atoms with Gasteiger partial charge in [-0.05, 0) is 25.5 Å². The van der Waals surface area contributed by atoms with Crippen molar-refractivity contribution in [1.29, 1.82) is 0 Å². The molecule has 0 saturated carbocycles. The Morgan fingerprint density at radius 3 is 2.89 bits per heavy atom. The fourth-order valence-corrected chi connectivity index (χ4v) is 4.19. The number of carbonyl (C=O) groups excluding carboxylic acids is 2. The molecule has 5 heteroatoms. The summed E-state index contributed by atoms with van der Waals surface area (Å²) in [5, 5.41) is 2.89. The summed E-state index contributed by atoms with van der Waals surface area (Å²) in [6, 6.07) is 9.03. The summed E-state index contributed by atoms with van der Waals surface area (Å²) >= 11 is 1.71. The van der Waals surface area contributed by atoms with Crippen LogP contribution in [0.3, 0.4) is 0 Å². The Morgan fingerprint density at radius 2 is 2.16 bits per heavy atom. The van der Waals surface area contributed by atoms with E-state index in [9.17, 15) is 9.59 Å². The Hall–Kier alpha value is -1.49. The number of para-hydroxylation sites is 1. The molecule has 2 atom stereocenters. The Morgan fingerprint density at radius 1 is 1.42 bits per heavy atom. The number of hydrogen-bond acceptors (Lipinski definition) is 3. The molecule has 100 valence electrons. The Balaban J connectivity index is 1.76. The molecule has 2 amide bonds. The first kappa shape index (κ1) is 12.5. The minimum absolute atomic E-state index is 0.0855. The van der Waals surface area contributed by atoms with E-state index in [1.807, 2.05) is 30.3 Å². The van der Waals surface area contributed by atoms with E-state index in [4.69, 9.17) is 0 Å². The Labute approximate surface area is 116 Å². The fraction of sp³-hybridized carbons (Fsp3) is 0.429. The van der Waals surface area contributed by atoms with Crippen molar-refractivity contribution in [1.82, 2.24) is 4.90 Å². The van der Waals surface area contributed by atoms with E-state index in [1.54, 1.807) is 16.7 Å². The van der Waals surface area contributed by atoms with Crippen LogP contribution in [0.15, 0.2) is 30.3 Å². The number of nitrogens with one attached hydrogen (secondary N) is 1. The summed E-state index contributed by atoms with van der Waals surface area (Å²) in [5.41, 5.74) is 0.776. The molecule has 0 radical (unpaired) electrons. The summed E-state index contributed by atoms with van der Waals surface area (Å²) in [6.07, 6.45) is 1.39. The first-order valence-corrected chi connectivity index (χ1v) is 7.41. The van der Waals surface area contributed by atoms with Gasteiger partial charge in [0.05, 0.1) is 4.87 Å². The predicted octanol–water partition coefficient (Wildman–Crippen LogP) is 2.08. The van der Waals surface area contributed by atoms with Crippen molar-refractivity contribution in [3.05, 3.63) is 30.3 Å². The van der Waals surface area contributed by atoms with Gasteiger partial charge in [-0.25, -0.2) is 0 Å². The number of hydrogen-bond donors (Lipinski definition) is 1. The van der Waals surface area contributed by atoms with Crippen LogP contribution >= 0.6 is 11.8 Å². The van der Waals surface area contributed by atoms with Crippen LogP contribution in [-0.4, -0.2) is 33.4 Å². The summed E-state index contributed by atoms with van der Waals surface area (Å²) in [6.45, 7) is 2.05.